The molecule has 3 N–H and O–H groups in total. The average Bonchev–Trinajstić information content (AvgIpc) is 2.17. The number of nitrogens with two attached hydrogens (primary N) is 1. The van der Waals surface area contributed by atoms with Gasteiger partial charge in [0.25, 0.3) is 0 Å². The van der Waals surface area contributed by atoms with Gasteiger partial charge in [-0.25, -0.2) is 0 Å². The molecule has 0 rings (SSSR count). The van der Waals surface area contributed by atoms with Gasteiger partial charge in [0.15, 0.2) is 5.96 Å². The minimum atomic E-state index is -0.738. The molecule has 0 fully saturated rings. The summed E-state index contributed by atoms with van der Waals surface area (Å²) in [5.41, 5.74) is 5.03. The van der Waals surface area contributed by atoms with E-state index in [-0.39, 0.29) is 0 Å². The van der Waals surface area contributed by atoms with Crippen LogP contribution in [0.5, 0.6) is 0 Å². The summed E-state index contributed by atoms with van der Waals surface area (Å²) < 4.78 is 0. The Balaban J connectivity index is 4.23. The molecule has 0 spiro atoms. The first-order chi connectivity index (χ1) is 6.46. The molecule has 1 atom stereocenters. The number of hydrogen-bond acceptors (Lipinski definition) is 2. The lowest BCUT2D eigenvalue weighted by molar-refractivity contribution is 0.0655. The quantitative estimate of drug-likeness (QED) is 0.511. The maximum Gasteiger partial charge on any atom is 0.191 e. The van der Waals surface area contributed by atoms with Crippen molar-refractivity contribution in [3.63, 3.8) is 0 Å². The van der Waals surface area contributed by atoms with Gasteiger partial charge in [-0.3, -0.25) is 4.99 Å². The second kappa shape index (κ2) is 5.86. The highest BCUT2D eigenvalue weighted by molar-refractivity contribution is 5.78. The Hall–Kier alpha value is -0.770. The lowest BCUT2D eigenvalue weighted by atomic mass is 10.1. The van der Waals surface area contributed by atoms with Gasteiger partial charge in [0, 0.05) is 13.1 Å². The Morgan fingerprint density at radius 2 is 1.86 bits per heavy atom. The fourth-order valence-electron chi connectivity index (χ4n) is 1.01. The third-order valence-electron chi connectivity index (χ3n) is 2.43. The van der Waals surface area contributed by atoms with Crippen molar-refractivity contribution >= 4 is 5.96 Å². The summed E-state index contributed by atoms with van der Waals surface area (Å²) in [6.45, 7) is 9.83. The van der Waals surface area contributed by atoms with Crippen molar-refractivity contribution in [1.29, 1.82) is 0 Å². The summed E-state index contributed by atoms with van der Waals surface area (Å²) in [5, 5.41) is 9.72. The van der Waals surface area contributed by atoms with Crippen LogP contribution in [0.15, 0.2) is 4.99 Å². The summed E-state index contributed by atoms with van der Waals surface area (Å²) >= 11 is 0. The second-order valence-corrected chi connectivity index (χ2v) is 3.70. The topological polar surface area (TPSA) is 61.8 Å². The first-order valence-corrected chi connectivity index (χ1v) is 5.24. The molecular weight excluding hydrogens is 178 g/mol. The summed E-state index contributed by atoms with van der Waals surface area (Å²) in [6, 6.07) is 0. The van der Waals surface area contributed by atoms with Crippen LogP contribution in [0.3, 0.4) is 0 Å². The summed E-state index contributed by atoms with van der Waals surface area (Å²) in [6.07, 6.45) is 0.683. The van der Waals surface area contributed by atoms with Gasteiger partial charge in [0.05, 0.1) is 12.1 Å². The second-order valence-electron chi connectivity index (χ2n) is 3.70. The SMILES string of the molecule is CCN(CC)C(N)=NCC(C)(O)CC. The van der Waals surface area contributed by atoms with Crippen molar-refractivity contribution < 1.29 is 5.11 Å². The van der Waals surface area contributed by atoms with Crippen molar-refractivity contribution in [2.75, 3.05) is 19.6 Å². The molecule has 0 aromatic heterocycles. The Morgan fingerprint density at radius 3 is 2.21 bits per heavy atom. The van der Waals surface area contributed by atoms with Crippen molar-refractivity contribution in [2.45, 2.75) is 39.7 Å². The fraction of sp³-hybridized carbons (Fsp3) is 0.900. The molecule has 0 radical (unpaired) electrons. The van der Waals surface area contributed by atoms with Crippen LogP contribution < -0.4 is 5.73 Å². The summed E-state index contributed by atoms with van der Waals surface area (Å²) in [5.74, 6) is 0.517. The van der Waals surface area contributed by atoms with Crippen LogP contribution in [-0.2, 0) is 0 Å². The highest BCUT2D eigenvalue weighted by Gasteiger charge is 2.17. The molecule has 0 aliphatic carbocycles. The van der Waals surface area contributed by atoms with Gasteiger partial charge in [0.2, 0.25) is 0 Å². The van der Waals surface area contributed by atoms with E-state index in [1.807, 2.05) is 25.7 Å². The monoisotopic (exact) mass is 201 g/mol. The van der Waals surface area contributed by atoms with E-state index in [1.54, 1.807) is 6.92 Å². The van der Waals surface area contributed by atoms with Crippen LogP contribution in [0.1, 0.15) is 34.1 Å². The molecule has 14 heavy (non-hydrogen) atoms. The van der Waals surface area contributed by atoms with Crippen LogP contribution >= 0.6 is 0 Å². The Morgan fingerprint density at radius 1 is 1.36 bits per heavy atom. The summed E-state index contributed by atoms with van der Waals surface area (Å²) in [4.78, 5) is 6.14. The molecular formula is C10H23N3O. The van der Waals surface area contributed by atoms with E-state index < -0.39 is 5.60 Å². The van der Waals surface area contributed by atoms with Crippen LogP contribution in [0.4, 0.5) is 0 Å². The van der Waals surface area contributed by atoms with E-state index in [1.165, 1.54) is 0 Å². The summed E-state index contributed by atoms with van der Waals surface area (Å²) in [7, 11) is 0. The molecule has 0 aliphatic heterocycles. The number of rotatable bonds is 5. The standard InChI is InChI=1S/C10H23N3O/c1-5-10(4,14)8-12-9(11)13(6-2)7-3/h14H,5-8H2,1-4H3,(H2,11,12). The van der Waals surface area contributed by atoms with Gasteiger partial charge >= 0.3 is 0 Å². The fourth-order valence-corrected chi connectivity index (χ4v) is 1.01. The average molecular weight is 201 g/mol. The Labute approximate surface area is 86.8 Å². The molecule has 4 nitrogen and oxygen atoms in total. The van der Waals surface area contributed by atoms with E-state index in [9.17, 15) is 5.11 Å². The van der Waals surface area contributed by atoms with Gasteiger partial charge in [0.1, 0.15) is 0 Å². The van der Waals surface area contributed by atoms with Crippen LogP contribution in [0.25, 0.3) is 0 Å². The third-order valence-corrected chi connectivity index (χ3v) is 2.43. The molecule has 84 valence electrons. The van der Waals surface area contributed by atoms with Crippen molar-refractivity contribution in [2.24, 2.45) is 10.7 Å². The molecule has 0 aromatic rings. The molecule has 1 unspecified atom stereocenters. The first kappa shape index (κ1) is 13.2. The molecule has 0 saturated carbocycles. The van der Waals surface area contributed by atoms with Crippen molar-refractivity contribution in [3.8, 4) is 0 Å². The number of aliphatic imine (C=N–C) groups is 1. The predicted molar refractivity (Wildman–Crippen MR) is 60.3 cm³/mol. The molecule has 0 aliphatic rings. The normalized spacial score (nSPS) is 16.5. The third kappa shape index (κ3) is 4.46. The maximum atomic E-state index is 9.72. The lowest BCUT2D eigenvalue weighted by Crippen LogP contribution is -2.38. The molecule has 4 heteroatoms. The van der Waals surface area contributed by atoms with Crippen molar-refractivity contribution in [3.05, 3.63) is 0 Å². The predicted octanol–water partition coefficient (Wildman–Crippen LogP) is 0.804. The highest BCUT2D eigenvalue weighted by Crippen LogP contribution is 2.08. The van der Waals surface area contributed by atoms with E-state index >= 15 is 0 Å². The molecule has 0 aromatic carbocycles. The van der Waals surface area contributed by atoms with E-state index in [0.717, 1.165) is 13.1 Å². The van der Waals surface area contributed by atoms with Crippen LogP contribution in [0, 0.1) is 0 Å². The zero-order valence-electron chi connectivity index (χ0n) is 9.75. The van der Waals surface area contributed by atoms with Crippen LogP contribution in [0.2, 0.25) is 0 Å². The minimum absolute atomic E-state index is 0.367. The zero-order valence-corrected chi connectivity index (χ0v) is 9.75. The van der Waals surface area contributed by atoms with E-state index in [2.05, 4.69) is 4.99 Å². The number of guanidine groups is 1. The first-order valence-electron chi connectivity index (χ1n) is 5.24. The molecule has 0 bridgehead atoms. The Kier molecular flexibility index (Phi) is 5.53. The lowest BCUT2D eigenvalue weighted by Gasteiger charge is -2.22. The maximum absolute atomic E-state index is 9.72. The van der Waals surface area contributed by atoms with E-state index in [4.69, 9.17) is 5.73 Å². The smallest absolute Gasteiger partial charge is 0.191 e. The minimum Gasteiger partial charge on any atom is -0.388 e. The van der Waals surface area contributed by atoms with Gasteiger partial charge in [-0.2, -0.15) is 0 Å². The van der Waals surface area contributed by atoms with Gasteiger partial charge in [-0.1, -0.05) is 6.92 Å². The molecule has 0 saturated heterocycles. The highest BCUT2D eigenvalue weighted by atomic mass is 16.3. The van der Waals surface area contributed by atoms with Crippen LogP contribution in [-0.4, -0.2) is 41.2 Å². The Bertz CT molecular complexity index is 186. The van der Waals surface area contributed by atoms with Gasteiger partial charge < -0.3 is 15.7 Å². The van der Waals surface area contributed by atoms with Gasteiger partial charge in [-0.15, -0.1) is 0 Å². The number of aliphatic hydroxyl groups is 1. The zero-order chi connectivity index (χ0) is 11.2. The number of nitrogens with zero attached hydrogens (tertiary/aromatic N) is 2. The molecule has 0 amide bonds. The van der Waals surface area contributed by atoms with E-state index in [0.29, 0.717) is 18.9 Å². The largest absolute Gasteiger partial charge is 0.388 e. The molecule has 0 heterocycles. The van der Waals surface area contributed by atoms with Gasteiger partial charge in [-0.05, 0) is 27.2 Å². The van der Waals surface area contributed by atoms with Crippen molar-refractivity contribution in [1.82, 2.24) is 4.90 Å². The number of hydrogen-bond donors (Lipinski definition) is 2.